The quantitative estimate of drug-likeness (QED) is 0.349. The number of benzene rings is 2. The van der Waals surface area contributed by atoms with Gasteiger partial charge in [-0.05, 0) is 35.4 Å². The lowest BCUT2D eigenvalue weighted by Gasteiger charge is -2.18. The van der Waals surface area contributed by atoms with Crippen LogP contribution >= 0.6 is 0 Å². The highest BCUT2D eigenvalue weighted by atomic mass is 19.4. The van der Waals surface area contributed by atoms with Gasteiger partial charge in [-0.1, -0.05) is 18.2 Å². The number of aromatic amines is 1. The topological polar surface area (TPSA) is 42.8 Å². The molecule has 1 N–H and O–H groups in total. The van der Waals surface area contributed by atoms with E-state index in [0.29, 0.717) is 17.7 Å². The summed E-state index contributed by atoms with van der Waals surface area (Å²) in [6.07, 6.45) is -6.37. The van der Waals surface area contributed by atoms with Crippen LogP contribution in [0.2, 0.25) is 0 Å². The van der Waals surface area contributed by atoms with E-state index in [9.17, 15) is 31.6 Å². The number of hydrogen-bond acceptors (Lipinski definition) is 2. The summed E-state index contributed by atoms with van der Waals surface area (Å²) in [4.78, 5) is 4.11. The lowest BCUT2D eigenvalue weighted by molar-refractivity contribution is -0.143. The Kier molecular flexibility index (Phi) is 4.98. The average molecular weight is 397 g/mol. The van der Waals surface area contributed by atoms with Crippen LogP contribution < -0.4 is 0 Å². The molecule has 3 aromatic rings. The van der Waals surface area contributed by atoms with E-state index >= 15 is 0 Å². The summed E-state index contributed by atoms with van der Waals surface area (Å²) < 4.78 is 77.9. The van der Waals surface area contributed by atoms with Gasteiger partial charge in [-0.3, -0.25) is 0 Å². The average Bonchev–Trinajstić information content (AvgIpc) is 3.02. The number of H-pyrrole nitrogens is 1. The van der Waals surface area contributed by atoms with Crippen LogP contribution in [0.4, 0.5) is 26.3 Å². The molecular formula is C19H13F6N3. The van der Waals surface area contributed by atoms with Crippen molar-refractivity contribution in [3.05, 3.63) is 70.9 Å². The predicted octanol–water partition coefficient (Wildman–Crippen LogP) is 5.69. The largest absolute Gasteiger partial charge is 0.416 e. The lowest BCUT2D eigenvalue weighted by Crippen LogP contribution is -2.18. The zero-order chi connectivity index (χ0) is 20.5. The Labute approximate surface area is 155 Å². The third-order valence-electron chi connectivity index (χ3n) is 4.20. The van der Waals surface area contributed by atoms with Gasteiger partial charge in [0.2, 0.25) is 0 Å². The summed E-state index contributed by atoms with van der Waals surface area (Å²) >= 11 is 0. The van der Waals surface area contributed by atoms with Crippen molar-refractivity contribution in [2.45, 2.75) is 25.4 Å². The SMILES string of the molecule is N#CN(Cc1cc(C(F)(F)F)cc(C(F)(F)F)c1)Cc1c[nH]c2ccccc12. The van der Waals surface area contributed by atoms with Gasteiger partial charge < -0.3 is 9.88 Å². The summed E-state index contributed by atoms with van der Waals surface area (Å²) in [6, 6.07) is 8.56. The predicted molar refractivity (Wildman–Crippen MR) is 89.6 cm³/mol. The number of alkyl halides is 6. The Morgan fingerprint density at radius 1 is 0.893 bits per heavy atom. The molecule has 28 heavy (non-hydrogen) atoms. The molecular weight excluding hydrogens is 384 g/mol. The molecule has 3 nitrogen and oxygen atoms in total. The van der Waals surface area contributed by atoms with Crippen molar-refractivity contribution in [3.8, 4) is 6.19 Å². The zero-order valence-electron chi connectivity index (χ0n) is 14.2. The molecule has 1 aromatic heterocycles. The fourth-order valence-corrected chi connectivity index (χ4v) is 2.93. The normalized spacial score (nSPS) is 12.2. The van der Waals surface area contributed by atoms with Crippen LogP contribution in [-0.2, 0) is 25.4 Å². The summed E-state index contributed by atoms with van der Waals surface area (Å²) in [5, 5.41) is 10.2. The van der Waals surface area contributed by atoms with Gasteiger partial charge in [0.1, 0.15) is 0 Å². The van der Waals surface area contributed by atoms with Crippen LogP contribution in [0.3, 0.4) is 0 Å². The molecule has 0 bridgehead atoms. The van der Waals surface area contributed by atoms with E-state index in [4.69, 9.17) is 0 Å². The number of nitrogens with one attached hydrogen (secondary N) is 1. The minimum atomic E-state index is -4.93. The maximum atomic E-state index is 13.0. The van der Waals surface area contributed by atoms with Crippen molar-refractivity contribution in [1.29, 1.82) is 5.26 Å². The number of fused-ring (bicyclic) bond motifs is 1. The molecule has 0 atom stereocenters. The van der Waals surface area contributed by atoms with Gasteiger partial charge in [0.15, 0.2) is 6.19 Å². The fraction of sp³-hybridized carbons (Fsp3) is 0.211. The van der Waals surface area contributed by atoms with Gasteiger partial charge in [-0.2, -0.15) is 31.6 Å². The first-order chi connectivity index (χ1) is 13.1. The number of halogens is 6. The van der Waals surface area contributed by atoms with Crippen molar-refractivity contribution in [2.75, 3.05) is 0 Å². The van der Waals surface area contributed by atoms with Gasteiger partial charge in [0.05, 0.1) is 24.2 Å². The van der Waals surface area contributed by atoms with Crippen LogP contribution in [0.15, 0.2) is 48.7 Å². The fourth-order valence-electron chi connectivity index (χ4n) is 2.93. The first kappa shape index (κ1) is 19.6. The maximum absolute atomic E-state index is 13.0. The third kappa shape index (κ3) is 4.22. The van der Waals surface area contributed by atoms with Crippen LogP contribution in [0, 0.1) is 11.5 Å². The van der Waals surface area contributed by atoms with Crippen molar-refractivity contribution >= 4 is 10.9 Å². The molecule has 0 aliphatic rings. The molecule has 0 spiro atoms. The summed E-state index contributed by atoms with van der Waals surface area (Å²) in [6.45, 7) is -0.346. The molecule has 2 aromatic carbocycles. The van der Waals surface area contributed by atoms with Crippen molar-refractivity contribution in [2.24, 2.45) is 0 Å². The first-order valence-electron chi connectivity index (χ1n) is 8.06. The summed E-state index contributed by atoms with van der Waals surface area (Å²) in [5.41, 5.74) is -1.53. The van der Waals surface area contributed by atoms with E-state index in [1.807, 2.05) is 24.4 Å². The molecule has 3 rings (SSSR count). The molecule has 0 aliphatic carbocycles. The molecule has 0 amide bonds. The van der Waals surface area contributed by atoms with Crippen LogP contribution in [-0.4, -0.2) is 9.88 Å². The zero-order valence-corrected chi connectivity index (χ0v) is 14.2. The molecule has 0 saturated carbocycles. The third-order valence-corrected chi connectivity index (χ3v) is 4.20. The molecule has 0 unspecified atom stereocenters. The molecule has 1 heterocycles. The van der Waals surface area contributed by atoms with Crippen molar-refractivity contribution in [3.63, 3.8) is 0 Å². The second kappa shape index (κ2) is 7.11. The first-order valence-corrected chi connectivity index (χ1v) is 8.06. The van der Waals surface area contributed by atoms with E-state index in [1.165, 1.54) is 0 Å². The Hall–Kier alpha value is -3.15. The molecule has 9 heteroatoms. The number of nitriles is 1. The Morgan fingerprint density at radius 3 is 2.07 bits per heavy atom. The second-order valence-corrected chi connectivity index (χ2v) is 6.23. The van der Waals surface area contributed by atoms with Gasteiger partial charge in [-0.25, -0.2) is 0 Å². The number of rotatable bonds is 4. The molecule has 146 valence electrons. The van der Waals surface area contributed by atoms with E-state index in [-0.39, 0.29) is 24.7 Å². The lowest BCUT2D eigenvalue weighted by atomic mass is 10.0. The van der Waals surface area contributed by atoms with E-state index < -0.39 is 23.5 Å². The molecule has 0 aliphatic heterocycles. The van der Waals surface area contributed by atoms with E-state index in [1.54, 1.807) is 12.3 Å². The number of para-hydroxylation sites is 1. The maximum Gasteiger partial charge on any atom is 0.416 e. The monoisotopic (exact) mass is 397 g/mol. The van der Waals surface area contributed by atoms with Crippen LogP contribution in [0.25, 0.3) is 10.9 Å². The van der Waals surface area contributed by atoms with Crippen LogP contribution in [0.5, 0.6) is 0 Å². The Balaban J connectivity index is 1.91. The molecule has 0 fully saturated rings. The smallest absolute Gasteiger partial charge is 0.361 e. The summed E-state index contributed by atoms with van der Waals surface area (Å²) in [5.74, 6) is 0. The molecule has 0 radical (unpaired) electrons. The van der Waals surface area contributed by atoms with Gasteiger partial charge in [0.25, 0.3) is 0 Å². The van der Waals surface area contributed by atoms with Gasteiger partial charge in [0, 0.05) is 17.1 Å². The minimum Gasteiger partial charge on any atom is -0.361 e. The number of nitrogens with zero attached hydrogens (tertiary/aromatic N) is 2. The standard InChI is InChI=1S/C19H13F6N3/c20-18(21,22)14-5-12(6-15(7-14)19(23,24)25)9-28(11-26)10-13-8-27-17-4-2-1-3-16(13)17/h1-8,27H,9-10H2. The highest BCUT2D eigenvalue weighted by Gasteiger charge is 2.37. The van der Waals surface area contributed by atoms with Gasteiger partial charge >= 0.3 is 12.4 Å². The van der Waals surface area contributed by atoms with Crippen LogP contribution in [0.1, 0.15) is 22.3 Å². The van der Waals surface area contributed by atoms with Gasteiger partial charge in [-0.15, -0.1) is 0 Å². The highest BCUT2D eigenvalue weighted by Crippen LogP contribution is 2.36. The number of aromatic nitrogens is 1. The molecule has 0 saturated heterocycles. The second-order valence-electron chi connectivity index (χ2n) is 6.23. The minimum absolute atomic E-state index is 0.0398. The van der Waals surface area contributed by atoms with Crippen molar-refractivity contribution < 1.29 is 26.3 Å². The Morgan fingerprint density at radius 2 is 1.50 bits per heavy atom. The number of hydrogen-bond donors (Lipinski definition) is 1. The Bertz CT molecular complexity index is 994. The summed E-state index contributed by atoms with van der Waals surface area (Å²) in [7, 11) is 0. The highest BCUT2D eigenvalue weighted by molar-refractivity contribution is 5.82. The van der Waals surface area contributed by atoms with Crippen molar-refractivity contribution in [1.82, 2.24) is 9.88 Å². The van der Waals surface area contributed by atoms with E-state index in [0.717, 1.165) is 15.8 Å². The van der Waals surface area contributed by atoms with E-state index in [2.05, 4.69) is 4.98 Å².